The molecule has 2 bridgehead atoms. The highest BCUT2D eigenvalue weighted by Crippen LogP contribution is 2.57. The van der Waals surface area contributed by atoms with E-state index < -0.39 is 5.54 Å². The van der Waals surface area contributed by atoms with Gasteiger partial charge in [0.2, 0.25) is 11.8 Å². The summed E-state index contributed by atoms with van der Waals surface area (Å²) in [6.07, 6.45) is 4.62. The molecule has 3 atom stereocenters. The van der Waals surface area contributed by atoms with Gasteiger partial charge in [-0.05, 0) is 50.8 Å². The Morgan fingerprint density at radius 2 is 1.89 bits per heavy atom. The first-order chi connectivity index (χ1) is 17.6. The molecule has 1 N–H and O–H groups in total. The highest BCUT2D eigenvalue weighted by molar-refractivity contribution is 6.10. The third-order valence-electron chi connectivity index (χ3n) is 8.52. The van der Waals surface area contributed by atoms with E-state index in [-0.39, 0.29) is 17.7 Å². The van der Waals surface area contributed by atoms with E-state index in [9.17, 15) is 9.59 Å². The first-order valence-corrected chi connectivity index (χ1v) is 13.3. The van der Waals surface area contributed by atoms with E-state index in [1.54, 1.807) is 7.11 Å². The molecule has 4 aliphatic heterocycles. The zero-order chi connectivity index (χ0) is 24.7. The summed E-state index contributed by atoms with van der Waals surface area (Å²) in [5, 5.41) is 3.21. The third kappa shape index (κ3) is 3.69. The largest absolute Gasteiger partial charge is 0.481 e. The molecule has 1 aromatic heterocycles. The minimum atomic E-state index is -0.861. The van der Waals surface area contributed by atoms with Crippen molar-refractivity contribution in [3.8, 4) is 5.88 Å². The summed E-state index contributed by atoms with van der Waals surface area (Å²) in [6.45, 7) is 4.54. The third-order valence-corrected chi connectivity index (χ3v) is 8.52. The van der Waals surface area contributed by atoms with E-state index in [0.29, 0.717) is 31.6 Å². The molecule has 0 saturated carbocycles. The molecule has 0 radical (unpaired) electrons. The number of amides is 2. The van der Waals surface area contributed by atoms with Crippen molar-refractivity contribution in [1.82, 2.24) is 20.1 Å². The van der Waals surface area contributed by atoms with Crippen molar-refractivity contribution in [3.63, 3.8) is 0 Å². The summed E-state index contributed by atoms with van der Waals surface area (Å²) >= 11 is 0. The zero-order valence-corrected chi connectivity index (χ0v) is 21.0. The van der Waals surface area contributed by atoms with Gasteiger partial charge in [0.15, 0.2) is 0 Å². The molecular weight excluding hydrogens is 454 g/mol. The lowest BCUT2D eigenvalue weighted by molar-refractivity contribution is -0.138. The van der Waals surface area contributed by atoms with Crippen LogP contribution in [0.5, 0.6) is 5.88 Å². The average molecular weight is 490 g/mol. The molecule has 8 heteroatoms. The lowest BCUT2D eigenvalue weighted by atomic mass is 9.78. The molecule has 3 fully saturated rings. The maximum absolute atomic E-state index is 14.4. The number of aromatic nitrogens is 1. The molecule has 36 heavy (non-hydrogen) atoms. The Morgan fingerprint density at radius 3 is 2.78 bits per heavy atom. The lowest BCUT2D eigenvalue weighted by Gasteiger charge is -2.37. The van der Waals surface area contributed by atoms with Crippen molar-refractivity contribution >= 4 is 17.5 Å². The number of nitrogens with one attached hydrogen (secondary N) is 1. The summed E-state index contributed by atoms with van der Waals surface area (Å²) in [7, 11) is 1.63. The SMILES string of the molecule is COc1cccc(CN2CCCNC(=O)[C@@H]3C[C@@H]4CCCN4[C@@]34C(=O)N(CCC2)c2ccccc24)n1. The van der Waals surface area contributed by atoms with E-state index >= 15 is 0 Å². The Kier molecular flexibility index (Phi) is 6.17. The molecule has 4 aliphatic rings. The number of hydrogen-bond acceptors (Lipinski definition) is 6. The molecule has 2 aromatic rings. The fourth-order valence-electron chi connectivity index (χ4n) is 7.03. The molecule has 0 aliphatic carbocycles. The standard InChI is InChI=1S/C28H35N5O3/c1-36-25-12-4-8-20(30-25)19-31-14-6-13-29-26(34)23-18-21-9-5-17-33(21)28(23)22-10-2-3-11-24(22)32(27(28)35)16-7-15-31/h2-4,8,10-12,21,23H,5-7,9,13-19H2,1H3,(H,29,34)/t21-,23-,28+/m0/s1. The topological polar surface area (TPSA) is 78.0 Å². The number of nitrogens with zero attached hydrogens (tertiary/aromatic N) is 4. The maximum atomic E-state index is 14.4. The second kappa shape index (κ2) is 9.48. The highest BCUT2D eigenvalue weighted by atomic mass is 16.5. The molecule has 8 nitrogen and oxygen atoms in total. The monoisotopic (exact) mass is 489 g/mol. The number of anilines is 1. The van der Waals surface area contributed by atoms with Crippen molar-refractivity contribution < 1.29 is 14.3 Å². The van der Waals surface area contributed by atoms with Gasteiger partial charge in [-0.3, -0.25) is 19.4 Å². The Balaban J connectivity index is 1.31. The number of para-hydroxylation sites is 1. The quantitative estimate of drug-likeness (QED) is 0.714. The van der Waals surface area contributed by atoms with Crippen LogP contribution in [-0.4, -0.2) is 72.5 Å². The van der Waals surface area contributed by atoms with Crippen LogP contribution >= 0.6 is 0 Å². The highest BCUT2D eigenvalue weighted by Gasteiger charge is 2.66. The number of hydrogen-bond donors (Lipinski definition) is 1. The van der Waals surface area contributed by atoms with Gasteiger partial charge in [0.25, 0.3) is 5.91 Å². The minimum absolute atomic E-state index is 0.0228. The van der Waals surface area contributed by atoms with Crippen LogP contribution in [0.2, 0.25) is 0 Å². The average Bonchev–Trinajstić information content (AvgIpc) is 3.55. The van der Waals surface area contributed by atoms with Crippen molar-refractivity contribution in [3.05, 3.63) is 53.7 Å². The number of pyridine rings is 1. The lowest BCUT2D eigenvalue weighted by Crippen LogP contribution is -2.56. The molecule has 6 rings (SSSR count). The van der Waals surface area contributed by atoms with Crippen LogP contribution in [0, 0.1) is 5.92 Å². The fourth-order valence-corrected chi connectivity index (χ4v) is 7.03. The minimum Gasteiger partial charge on any atom is -0.481 e. The zero-order valence-electron chi connectivity index (χ0n) is 21.0. The molecule has 3 saturated heterocycles. The molecule has 2 amide bonds. The van der Waals surface area contributed by atoms with Crippen LogP contribution in [0.3, 0.4) is 0 Å². The van der Waals surface area contributed by atoms with E-state index in [1.807, 2.05) is 35.2 Å². The Hall–Kier alpha value is -2.97. The summed E-state index contributed by atoms with van der Waals surface area (Å²) in [5.41, 5.74) is 2.10. The number of benzene rings is 1. The van der Waals surface area contributed by atoms with Gasteiger partial charge in [-0.2, -0.15) is 0 Å². The van der Waals surface area contributed by atoms with Crippen molar-refractivity contribution in [2.24, 2.45) is 5.92 Å². The second-order valence-corrected chi connectivity index (χ2v) is 10.5. The summed E-state index contributed by atoms with van der Waals surface area (Å²) in [5.74, 6) is 0.379. The molecule has 5 heterocycles. The van der Waals surface area contributed by atoms with Gasteiger partial charge < -0.3 is 15.0 Å². The molecular formula is C28H35N5O3. The summed E-state index contributed by atoms with van der Waals surface area (Å²) in [6, 6.07) is 14.3. The van der Waals surface area contributed by atoms with Gasteiger partial charge in [0.1, 0.15) is 5.54 Å². The number of methoxy groups -OCH3 is 1. The van der Waals surface area contributed by atoms with Gasteiger partial charge in [-0.1, -0.05) is 24.3 Å². The second-order valence-electron chi connectivity index (χ2n) is 10.5. The van der Waals surface area contributed by atoms with Gasteiger partial charge in [-0.15, -0.1) is 0 Å². The van der Waals surface area contributed by atoms with Gasteiger partial charge in [0, 0.05) is 56.1 Å². The predicted octanol–water partition coefficient (Wildman–Crippen LogP) is 2.53. The summed E-state index contributed by atoms with van der Waals surface area (Å²) in [4.78, 5) is 39.3. The van der Waals surface area contributed by atoms with Crippen LogP contribution in [0.15, 0.2) is 42.5 Å². The number of carbonyl (C=O) groups is 2. The summed E-state index contributed by atoms with van der Waals surface area (Å²) < 4.78 is 5.30. The number of rotatable bonds is 3. The van der Waals surface area contributed by atoms with Crippen LogP contribution in [0.4, 0.5) is 5.69 Å². The maximum Gasteiger partial charge on any atom is 0.253 e. The Morgan fingerprint density at radius 1 is 1.03 bits per heavy atom. The van der Waals surface area contributed by atoms with Crippen molar-refractivity contribution in [1.29, 1.82) is 0 Å². The van der Waals surface area contributed by atoms with Crippen LogP contribution in [0.1, 0.15) is 43.4 Å². The van der Waals surface area contributed by atoms with Gasteiger partial charge in [0.05, 0.1) is 18.7 Å². The Bertz CT molecular complexity index is 1160. The number of ether oxygens (including phenoxy) is 1. The number of carbonyl (C=O) groups excluding carboxylic acids is 2. The first kappa shape index (κ1) is 23.4. The van der Waals surface area contributed by atoms with E-state index in [4.69, 9.17) is 4.74 Å². The van der Waals surface area contributed by atoms with E-state index in [1.165, 1.54) is 0 Å². The molecule has 0 unspecified atom stereocenters. The normalized spacial score (nSPS) is 29.0. The molecule has 190 valence electrons. The first-order valence-electron chi connectivity index (χ1n) is 13.3. The van der Waals surface area contributed by atoms with Gasteiger partial charge >= 0.3 is 0 Å². The fraction of sp³-hybridized carbons (Fsp3) is 0.536. The Labute approximate surface area is 212 Å². The molecule has 1 aromatic carbocycles. The predicted molar refractivity (Wildman–Crippen MR) is 137 cm³/mol. The van der Waals surface area contributed by atoms with Gasteiger partial charge in [-0.25, -0.2) is 4.98 Å². The van der Waals surface area contributed by atoms with Crippen molar-refractivity contribution in [2.75, 3.05) is 44.7 Å². The van der Waals surface area contributed by atoms with Crippen LogP contribution in [-0.2, 0) is 21.7 Å². The van der Waals surface area contributed by atoms with Crippen LogP contribution in [0.25, 0.3) is 0 Å². The van der Waals surface area contributed by atoms with E-state index in [2.05, 4.69) is 32.2 Å². The number of fused-ring (bicyclic) bond motifs is 4. The van der Waals surface area contributed by atoms with Crippen molar-refractivity contribution in [2.45, 2.75) is 50.2 Å². The molecule has 1 spiro atoms. The van der Waals surface area contributed by atoms with E-state index in [0.717, 1.165) is 68.7 Å². The van der Waals surface area contributed by atoms with Crippen LogP contribution < -0.4 is 15.0 Å². The smallest absolute Gasteiger partial charge is 0.253 e.